The molecule has 2 aromatic carbocycles. The second-order valence-electron chi connectivity index (χ2n) is 8.53. The fourth-order valence-electron chi connectivity index (χ4n) is 4.24. The number of hydrogen-bond acceptors (Lipinski definition) is 2. The molecule has 1 aliphatic heterocycles. The molecule has 1 aliphatic rings. The molecule has 0 saturated heterocycles. The van der Waals surface area contributed by atoms with Crippen LogP contribution in [0.2, 0.25) is 0 Å². The monoisotopic (exact) mass is 406 g/mol. The average Bonchev–Trinajstić information content (AvgIpc) is 2.78. The highest BCUT2D eigenvalue weighted by Crippen LogP contribution is 2.43. The second-order valence-corrected chi connectivity index (χ2v) is 8.53. The van der Waals surface area contributed by atoms with Gasteiger partial charge in [0.1, 0.15) is 0 Å². The van der Waals surface area contributed by atoms with Crippen molar-refractivity contribution in [3.05, 3.63) is 60.2 Å². The molecule has 0 saturated carbocycles. The lowest BCUT2D eigenvalue weighted by Crippen LogP contribution is -2.49. The summed E-state index contributed by atoms with van der Waals surface area (Å²) < 4.78 is 0. The summed E-state index contributed by atoms with van der Waals surface area (Å²) in [4.78, 5) is 30.6. The molecule has 4 heteroatoms. The zero-order chi connectivity index (χ0) is 21.8. The largest absolute Gasteiger partial charge is 0.309 e. The molecular weight excluding hydrogens is 372 g/mol. The summed E-state index contributed by atoms with van der Waals surface area (Å²) in [6, 6.07) is 17.9. The third-order valence-corrected chi connectivity index (χ3v) is 6.45. The molecule has 0 N–H and O–H groups in total. The van der Waals surface area contributed by atoms with E-state index in [-0.39, 0.29) is 35.7 Å². The van der Waals surface area contributed by atoms with Gasteiger partial charge in [-0.05, 0) is 49.9 Å². The molecule has 2 amide bonds. The van der Waals surface area contributed by atoms with Crippen molar-refractivity contribution in [3.63, 3.8) is 0 Å². The minimum atomic E-state index is -0.0962. The van der Waals surface area contributed by atoms with Gasteiger partial charge in [0, 0.05) is 29.3 Å². The number of carbonyl (C=O) groups excluding carboxylic acids is 2. The zero-order valence-corrected chi connectivity index (χ0v) is 18.8. The zero-order valence-electron chi connectivity index (χ0n) is 18.8. The summed E-state index contributed by atoms with van der Waals surface area (Å²) in [5.41, 5.74) is 2.90. The van der Waals surface area contributed by atoms with Gasteiger partial charge in [-0.2, -0.15) is 0 Å². The molecule has 0 aromatic heterocycles. The Hall–Kier alpha value is -2.62. The lowest BCUT2D eigenvalue weighted by molar-refractivity contribution is -0.122. The van der Waals surface area contributed by atoms with Crippen molar-refractivity contribution in [1.29, 1.82) is 0 Å². The van der Waals surface area contributed by atoms with Gasteiger partial charge in [0.2, 0.25) is 11.8 Å². The summed E-state index contributed by atoms with van der Waals surface area (Å²) in [5.74, 6) is 0.212. The van der Waals surface area contributed by atoms with Crippen molar-refractivity contribution in [2.45, 2.75) is 66.0 Å². The van der Waals surface area contributed by atoms with Gasteiger partial charge in [0.05, 0.1) is 6.04 Å². The first kappa shape index (κ1) is 22.1. The highest BCUT2D eigenvalue weighted by atomic mass is 16.2. The number of rotatable bonds is 6. The maximum absolute atomic E-state index is 13.5. The molecule has 4 nitrogen and oxygen atoms in total. The molecule has 0 aliphatic carbocycles. The van der Waals surface area contributed by atoms with Crippen LogP contribution in [0.4, 0.5) is 11.4 Å². The first-order valence-electron chi connectivity index (χ1n) is 11.2. The Morgan fingerprint density at radius 3 is 2.20 bits per heavy atom. The molecule has 1 heterocycles. The maximum atomic E-state index is 13.5. The Bertz CT molecular complexity index is 880. The number of nitrogens with zero attached hydrogens (tertiary/aromatic N) is 2. The Kier molecular flexibility index (Phi) is 6.96. The number of para-hydroxylation sites is 2. The quantitative estimate of drug-likeness (QED) is 0.592. The summed E-state index contributed by atoms with van der Waals surface area (Å²) in [7, 11) is 0. The molecule has 0 spiro atoms. The third kappa shape index (κ3) is 4.14. The second kappa shape index (κ2) is 9.46. The highest BCUT2D eigenvalue weighted by Gasteiger charge is 2.39. The van der Waals surface area contributed by atoms with E-state index in [9.17, 15) is 9.59 Å². The van der Waals surface area contributed by atoms with Crippen LogP contribution in [0.15, 0.2) is 54.6 Å². The summed E-state index contributed by atoms with van der Waals surface area (Å²) in [5, 5.41) is 0. The minimum absolute atomic E-state index is 0.0161. The van der Waals surface area contributed by atoms with Crippen LogP contribution in [-0.4, -0.2) is 17.9 Å². The molecular formula is C26H34N2O2. The van der Waals surface area contributed by atoms with E-state index in [1.807, 2.05) is 79.1 Å². The average molecular weight is 407 g/mol. The van der Waals surface area contributed by atoms with E-state index in [0.717, 1.165) is 36.2 Å². The van der Waals surface area contributed by atoms with Gasteiger partial charge in [-0.25, -0.2) is 0 Å². The van der Waals surface area contributed by atoms with Gasteiger partial charge in [-0.15, -0.1) is 0 Å². The van der Waals surface area contributed by atoms with Crippen LogP contribution < -0.4 is 9.80 Å². The van der Waals surface area contributed by atoms with Crippen LogP contribution in [0.5, 0.6) is 0 Å². The smallest absolute Gasteiger partial charge is 0.230 e. The van der Waals surface area contributed by atoms with Crippen molar-refractivity contribution >= 4 is 23.2 Å². The number of fused-ring (bicyclic) bond motifs is 1. The van der Waals surface area contributed by atoms with Gasteiger partial charge >= 0.3 is 0 Å². The van der Waals surface area contributed by atoms with Crippen molar-refractivity contribution in [2.24, 2.45) is 11.8 Å². The first-order chi connectivity index (χ1) is 14.4. The molecule has 4 atom stereocenters. The molecule has 30 heavy (non-hydrogen) atoms. The molecule has 0 bridgehead atoms. The Labute approximate surface area is 180 Å². The van der Waals surface area contributed by atoms with E-state index in [2.05, 4.69) is 19.9 Å². The van der Waals surface area contributed by atoms with Crippen molar-refractivity contribution in [1.82, 2.24) is 0 Å². The predicted molar refractivity (Wildman–Crippen MR) is 124 cm³/mol. The van der Waals surface area contributed by atoms with Gasteiger partial charge in [-0.1, -0.05) is 64.1 Å². The first-order valence-corrected chi connectivity index (χ1v) is 11.2. The maximum Gasteiger partial charge on any atom is 0.230 e. The summed E-state index contributed by atoms with van der Waals surface area (Å²) in [6.07, 6.45) is 2.33. The molecule has 0 fully saturated rings. The fraction of sp³-hybridized carbons (Fsp3) is 0.462. The van der Waals surface area contributed by atoms with Crippen LogP contribution in [0.3, 0.4) is 0 Å². The van der Waals surface area contributed by atoms with E-state index in [1.165, 1.54) is 0 Å². The standard InChI is InChI=1S/C26H34N2O2/c1-6-18(3)25(29)27-20(5)17-24(22-15-11-12-16-23(22)27)28(26(30)19(4)7-2)21-13-9-8-10-14-21/h8-16,18-20,24H,6-7,17H2,1-5H3/t18-,19+,20-,24-/m0/s1. The van der Waals surface area contributed by atoms with E-state index < -0.39 is 0 Å². The molecule has 2 aromatic rings. The van der Waals surface area contributed by atoms with Crippen molar-refractivity contribution in [3.8, 4) is 0 Å². The van der Waals surface area contributed by atoms with Gasteiger partial charge in [-0.3, -0.25) is 9.59 Å². The van der Waals surface area contributed by atoms with E-state index >= 15 is 0 Å². The predicted octanol–water partition coefficient (Wildman–Crippen LogP) is 5.98. The van der Waals surface area contributed by atoms with Crippen molar-refractivity contribution in [2.75, 3.05) is 9.80 Å². The Balaban J connectivity index is 2.11. The van der Waals surface area contributed by atoms with Crippen LogP contribution in [0.1, 0.15) is 65.5 Å². The number of anilines is 2. The van der Waals surface area contributed by atoms with Crippen LogP contribution in [-0.2, 0) is 9.59 Å². The van der Waals surface area contributed by atoms with Crippen molar-refractivity contribution < 1.29 is 9.59 Å². The van der Waals surface area contributed by atoms with E-state index in [1.54, 1.807) is 0 Å². The van der Waals surface area contributed by atoms with E-state index in [0.29, 0.717) is 0 Å². The fourth-order valence-corrected chi connectivity index (χ4v) is 4.24. The lowest BCUT2D eigenvalue weighted by atomic mass is 9.88. The van der Waals surface area contributed by atoms with Crippen LogP contribution in [0.25, 0.3) is 0 Å². The normalized spacial score (nSPS) is 20.2. The Morgan fingerprint density at radius 2 is 1.57 bits per heavy atom. The third-order valence-electron chi connectivity index (χ3n) is 6.45. The van der Waals surface area contributed by atoms with Crippen LogP contribution >= 0.6 is 0 Å². The van der Waals surface area contributed by atoms with Gasteiger partial charge < -0.3 is 9.80 Å². The summed E-state index contributed by atoms with van der Waals surface area (Å²) >= 11 is 0. The number of benzene rings is 2. The molecule has 0 radical (unpaired) electrons. The highest BCUT2D eigenvalue weighted by molar-refractivity contribution is 5.99. The topological polar surface area (TPSA) is 40.6 Å². The van der Waals surface area contributed by atoms with Crippen LogP contribution in [0, 0.1) is 11.8 Å². The number of hydrogen-bond donors (Lipinski definition) is 0. The Morgan fingerprint density at radius 1 is 0.967 bits per heavy atom. The van der Waals surface area contributed by atoms with Gasteiger partial charge in [0.15, 0.2) is 0 Å². The number of carbonyl (C=O) groups is 2. The van der Waals surface area contributed by atoms with Gasteiger partial charge in [0.25, 0.3) is 0 Å². The lowest BCUT2D eigenvalue weighted by Gasteiger charge is -2.44. The SMILES string of the molecule is CC[C@@H](C)C(=O)N(c1ccccc1)[C@H]1C[C@H](C)N(C(=O)[C@@H](C)CC)c2ccccc21. The number of amides is 2. The molecule has 3 rings (SSSR count). The molecule has 160 valence electrons. The minimum Gasteiger partial charge on any atom is -0.309 e. The molecule has 0 unspecified atom stereocenters. The summed E-state index contributed by atoms with van der Waals surface area (Å²) in [6.45, 7) is 10.2. The van der Waals surface area contributed by atoms with E-state index in [4.69, 9.17) is 0 Å².